The summed E-state index contributed by atoms with van der Waals surface area (Å²) in [6.45, 7) is 3.33. The number of aryl methyl sites for hydroxylation is 1. The van der Waals surface area contributed by atoms with Crippen LogP contribution in [0.4, 0.5) is 4.39 Å². The summed E-state index contributed by atoms with van der Waals surface area (Å²) in [5.41, 5.74) is 0.0699. The van der Waals surface area contributed by atoms with Gasteiger partial charge in [0, 0.05) is 0 Å². The van der Waals surface area contributed by atoms with Crippen LogP contribution >= 0.6 is 0 Å². The first kappa shape index (κ1) is 12.6. The van der Waals surface area contributed by atoms with E-state index in [0.717, 1.165) is 0 Å². The number of esters is 1. The molecule has 0 heterocycles. The lowest BCUT2D eigenvalue weighted by Gasteiger charge is -2.26. The summed E-state index contributed by atoms with van der Waals surface area (Å²) < 4.78 is 18.1. The molecule has 0 aliphatic rings. The van der Waals surface area contributed by atoms with E-state index in [4.69, 9.17) is 4.74 Å². The molecule has 0 saturated heterocycles. The molecule has 0 amide bonds. The molecule has 16 heavy (non-hydrogen) atoms. The second kappa shape index (κ2) is 4.61. The third-order valence-electron chi connectivity index (χ3n) is 2.84. The van der Waals surface area contributed by atoms with Crippen molar-refractivity contribution < 1.29 is 13.9 Å². The van der Waals surface area contributed by atoms with E-state index in [1.165, 1.54) is 13.2 Å². The Hall–Kier alpha value is -1.42. The van der Waals surface area contributed by atoms with Gasteiger partial charge in [-0.2, -0.15) is 0 Å². The van der Waals surface area contributed by atoms with Crippen molar-refractivity contribution in [3.63, 3.8) is 0 Å². The van der Waals surface area contributed by atoms with Gasteiger partial charge in [0.15, 0.2) is 0 Å². The van der Waals surface area contributed by atoms with Crippen LogP contribution in [0.1, 0.15) is 18.1 Å². The van der Waals surface area contributed by atoms with E-state index in [9.17, 15) is 9.18 Å². The lowest BCUT2D eigenvalue weighted by molar-refractivity contribution is -0.148. The Morgan fingerprint density at radius 3 is 2.56 bits per heavy atom. The predicted molar refractivity (Wildman–Crippen MR) is 59.6 cm³/mol. The fraction of sp³-hybridized carbons (Fsp3) is 0.417. The monoisotopic (exact) mass is 225 g/mol. The first-order valence-corrected chi connectivity index (χ1v) is 4.99. The van der Waals surface area contributed by atoms with Crippen LogP contribution in [0.3, 0.4) is 0 Å². The maximum atomic E-state index is 13.4. The number of carbonyl (C=O) groups is 1. The predicted octanol–water partition coefficient (Wildman–Crippen LogP) is 1.74. The number of halogens is 1. The highest BCUT2D eigenvalue weighted by atomic mass is 19.1. The summed E-state index contributed by atoms with van der Waals surface area (Å²) in [4.78, 5) is 11.7. The highest BCUT2D eigenvalue weighted by molar-refractivity contribution is 5.82. The van der Waals surface area contributed by atoms with E-state index in [2.05, 4.69) is 5.32 Å². The van der Waals surface area contributed by atoms with E-state index >= 15 is 0 Å². The maximum Gasteiger partial charge on any atom is 0.330 e. The van der Waals surface area contributed by atoms with Crippen LogP contribution in [0.25, 0.3) is 0 Å². The minimum atomic E-state index is -1.02. The van der Waals surface area contributed by atoms with E-state index in [1.54, 1.807) is 33.0 Å². The number of benzene rings is 1. The summed E-state index contributed by atoms with van der Waals surface area (Å²) in [5, 5.41) is 2.85. The van der Waals surface area contributed by atoms with Gasteiger partial charge in [-0.1, -0.05) is 12.1 Å². The topological polar surface area (TPSA) is 38.3 Å². The van der Waals surface area contributed by atoms with Crippen molar-refractivity contribution >= 4 is 5.97 Å². The molecule has 0 radical (unpaired) electrons. The van der Waals surface area contributed by atoms with Crippen molar-refractivity contribution in [3.8, 4) is 0 Å². The molecule has 0 aliphatic heterocycles. The van der Waals surface area contributed by atoms with Crippen molar-refractivity contribution in [2.75, 3.05) is 14.2 Å². The number of carbonyl (C=O) groups excluding carboxylic acids is 1. The third-order valence-corrected chi connectivity index (χ3v) is 2.84. The molecule has 1 atom stereocenters. The molecule has 88 valence electrons. The standard InChI is InChI=1S/C12H16FNO2/c1-8-5-6-9(7-10(8)13)12(2,14-3)11(15)16-4/h5-7,14H,1-4H3. The molecule has 4 heteroatoms. The Balaban J connectivity index is 3.23. The van der Waals surface area contributed by atoms with Crippen molar-refractivity contribution in [3.05, 3.63) is 35.1 Å². The van der Waals surface area contributed by atoms with Crippen LogP contribution in [-0.2, 0) is 15.1 Å². The van der Waals surface area contributed by atoms with Crippen molar-refractivity contribution in [2.45, 2.75) is 19.4 Å². The molecule has 0 aliphatic carbocycles. The van der Waals surface area contributed by atoms with Crippen LogP contribution in [-0.4, -0.2) is 20.1 Å². The normalized spacial score (nSPS) is 14.3. The average Bonchev–Trinajstić information content (AvgIpc) is 2.30. The largest absolute Gasteiger partial charge is 0.467 e. The SMILES string of the molecule is CNC(C)(C(=O)OC)c1ccc(C)c(F)c1. The zero-order valence-electron chi connectivity index (χ0n) is 9.93. The Morgan fingerprint density at radius 2 is 2.12 bits per heavy atom. The fourth-order valence-corrected chi connectivity index (χ4v) is 1.47. The van der Waals surface area contributed by atoms with Gasteiger partial charge in [0.25, 0.3) is 0 Å². The molecule has 1 N–H and O–H groups in total. The highest BCUT2D eigenvalue weighted by Crippen LogP contribution is 2.23. The minimum Gasteiger partial charge on any atom is -0.467 e. The fourth-order valence-electron chi connectivity index (χ4n) is 1.47. The number of nitrogens with one attached hydrogen (secondary N) is 1. The Kier molecular flexibility index (Phi) is 3.65. The number of ether oxygens (including phenoxy) is 1. The van der Waals surface area contributed by atoms with Crippen LogP contribution in [0.2, 0.25) is 0 Å². The Morgan fingerprint density at radius 1 is 1.50 bits per heavy atom. The molecule has 0 fully saturated rings. The van der Waals surface area contributed by atoms with Crippen LogP contribution < -0.4 is 5.32 Å². The Labute approximate surface area is 94.6 Å². The maximum absolute atomic E-state index is 13.4. The summed E-state index contributed by atoms with van der Waals surface area (Å²) in [6, 6.07) is 4.71. The summed E-state index contributed by atoms with van der Waals surface area (Å²) in [6.07, 6.45) is 0. The molecular weight excluding hydrogens is 209 g/mol. The van der Waals surface area contributed by atoms with Gasteiger partial charge >= 0.3 is 5.97 Å². The van der Waals surface area contributed by atoms with E-state index in [-0.39, 0.29) is 5.82 Å². The second-order valence-corrected chi connectivity index (χ2v) is 3.83. The molecule has 0 aromatic heterocycles. The van der Waals surface area contributed by atoms with Crippen molar-refractivity contribution in [2.24, 2.45) is 0 Å². The van der Waals surface area contributed by atoms with Gasteiger partial charge in [0.2, 0.25) is 0 Å². The lowest BCUT2D eigenvalue weighted by atomic mass is 9.91. The number of likely N-dealkylation sites (N-methyl/N-ethyl adjacent to an activating group) is 1. The minimum absolute atomic E-state index is 0.331. The van der Waals surface area contributed by atoms with E-state index < -0.39 is 11.5 Å². The van der Waals surface area contributed by atoms with Crippen LogP contribution in [0, 0.1) is 12.7 Å². The molecule has 0 bridgehead atoms. The zero-order chi connectivity index (χ0) is 12.3. The van der Waals surface area contributed by atoms with Gasteiger partial charge in [-0.15, -0.1) is 0 Å². The lowest BCUT2D eigenvalue weighted by Crippen LogP contribution is -2.45. The van der Waals surface area contributed by atoms with Gasteiger partial charge in [-0.3, -0.25) is 0 Å². The van der Waals surface area contributed by atoms with E-state index in [1.807, 2.05) is 0 Å². The molecule has 1 unspecified atom stereocenters. The average molecular weight is 225 g/mol. The van der Waals surface area contributed by atoms with Gasteiger partial charge < -0.3 is 10.1 Å². The summed E-state index contributed by atoms with van der Waals surface area (Å²) >= 11 is 0. The quantitative estimate of drug-likeness (QED) is 0.796. The molecule has 1 aromatic carbocycles. The summed E-state index contributed by atoms with van der Waals surface area (Å²) in [5.74, 6) is -0.777. The van der Waals surface area contributed by atoms with Crippen molar-refractivity contribution in [1.29, 1.82) is 0 Å². The number of hydrogen-bond acceptors (Lipinski definition) is 3. The smallest absolute Gasteiger partial charge is 0.330 e. The molecule has 0 spiro atoms. The van der Waals surface area contributed by atoms with Gasteiger partial charge in [0.1, 0.15) is 11.4 Å². The van der Waals surface area contributed by atoms with Gasteiger partial charge in [0.05, 0.1) is 7.11 Å². The number of methoxy groups -OCH3 is 1. The van der Waals surface area contributed by atoms with Crippen LogP contribution in [0.15, 0.2) is 18.2 Å². The molecule has 3 nitrogen and oxygen atoms in total. The first-order chi connectivity index (χ1) is 7.45. The summed E-state index contributed by atoms with van der Waals surface area (Å²) in [7, 11) is 2.94. The number of hydrogen-bond donors (Lipinski definition) is 1. The van der Waals surface area contributed by atoms with Gasteiger partial charge in [-0.05, 0) is 38.1 Å². The van der Waals surface area contributed by atoms with E-state index in [0.29, 0.717) is 11.1 Å². The van der Waals surface area contributed by atoms with Crippen LogP contribution in [0.5, 0.6) is 0 Å². The third kappa shape index (κ3) is 2.07. The molecular formula is C12H16FNO2. The molecule has 1 aromatic rings. The number of rotatable bonds is 3. The van der Waals surface area contributed by atoms with Gasteiger partial charge in [-0.25, -0.2) is 9.18 Å². The van der Waals surface area contributed by atoms with Crippen molar-refractivity contribution in [1.82, 2.24) is 5.32 Å². The first-order valence-electron chi connectivity index (χ1n) is 4.99. The molecule has 0 saturated carbocycles. The highest BCUT2D eigenvalue weighted by Gasteiger charge is 2.34. The Bertz CT molecular complexity index is 406. The second-order valence-electron chi connectivity index (χ2n) is 3.83. The zero-order valence-corrected chi connectivity index (χ0v) is 9.93. The molecule has 1 rings (SSSR count).